The number of hydrogen-bond acceptors (Lipinski definition) is 4. The summed E-state index contributed by atoms with van der Waals surface area (Å²) in [5.41, 5.74) is 0.500. The van der Waals surface area contributed by atoms with Crippen LogP contribution >= 0.6 is 0 Å². The van der Waals surface area contributed by atoms with Gasteiger partial charge in [-0.05, 0) is 30.7 Å². The summed E-state index contributed by atoms with van der Waals surface area (Å²) in [7, 11) is 0. The number of rotatable bonds is 3. The number of amides is 2. The van der Waals surface area contributed by atoms with Crippen molar-refractivity contribution in [1.29, 1.82) is 0 Å². The molecule has 3 aromatic rings. The Hall–Kier alpha value is -3.82. The van der Waals surface area contributed by atoms with Crippen LogP contribution in [0, 0.1) is 0 Å². The van der Waals surface area contributed by atoms with E-state index < -0.39 is 11.7 Å². The summed E-state index contributed by atoms with van der Waals surface area (Å²) < 4.78 is 45.3. The summed E-state index contributed by atoms with van der Waals surface area (Å²) in [6, 6.07) is 11.5. The third-order valence-electron chi connectivity index (χ3n) is 5.84. The second-order valence-electron chi connectivity index (χ2n) is 8.18. The van der Waals surface area contributed by atoms with E-state index in [4.69, 9.17) is 4.74 Å². The molecule has 2 aliphatic rings. The lowest BCUT2D eigenvalue weighted by Gasteiger charge is -2.25. The van der Waals surface area contributed by atoms with Crippen molar-refractivity contribution in [1.82, 2.24) is 4.98 Å². The summed E-state index contributed by atoms with van der Waals surface area (Å²) in [4.78, 5) is 24.6. The maximum absolute atomic E-state index is 13.2. The molecule has 176 valence electrons. The fourth-order valence-corrected chi connectivity index (χ4v) is 3.93. The molecule has 0 atom stereocenters. The van der Waals surface area contributed by atoms with Crippen molar-refractivity contribution in [2.45, 2.75) is 19.0 Å². The number of aromatic nitrogens is 2. The first-order chi connectivity index (χ1) is 16.4. The number of aromatic amines is 1. The molecule has 0 bridgehead atoms. The zero-order valence-corrected chi connectivity index (χ0v) is 18.2. The molecular formula is C24H23F3N5O2+. The van der Waals surface area contributed by atoms with E-state index in [0.29, 0.717) is 42.3 Å². The van der Waals surface area contributed by atoms with Gasteiger partial charge < -0.3 is 10.1 Å². The van der Waals surface area contributed by atoms with Crippen molar-refractivity contribution >= 4 is 23.4 Å². The third-order valence-corrected chi connectivity index (χ3v) is 5.84. The second-order valence-corrected chi connectivity index (χ2v) is 8.18. The van der Waals surface area contributed by atoms with Gasteiger partial charge in [0.1, 0.15) is 0 Å². The van der Waals surface area contributed by atoms with E-state index in [2.05, 4.69) is 20.2 Å². The van der Waals surface area contributed by atoms with Crippen LogP contribution in [0.5, 0.6) is 5.75 Å². The monoisotopic (exact) mass is 470 g/mol. The van der Waals surface area contributed by atoms with Crippen molar-refractivity contribution in [2.75, 3.05) is 41.4 Å². The molecule has 7 nitrogen and oxygen atoms in total. The number of hydrogen-bond donors (Lipinski definition) is 1. The SMILES string of the molecule is O=C(Nc1cc[nH+]c(N2CCC2)c1)N1CCCOc2ccc(-c3cccc(C(F)(F)F)c3)nc21. The van der Waals surface area contributed by atoms with Crippen molar-refractivity contribution in [3.63, 3.8) is 0 Å². The van der Waals surface area contributed by atoms with Gasteiger partial charge in [-0.1, -0.05) is 12.1 Å². The number of carbonyl (C=O) groups excluding carboxylic acids is 1. The van der Waals surface area contributed by atoms with Gasteiger partial charge in [-0.15, -0.1) is 0 Å². The van der Waals surface area contributed by atoms with Crippen LogP contribution in [0.15, 0.2) is 54.7 Å². The Balaban J connectivity index is 1.44. The predicted molar refractivity (Wildman–Crippen MR) is 121 cm³/mol. The molecule has 4 heterocycles. The Bertz CT molecular complexity index is 1210. The van der Waals surface area contributed by atoms with Crippen LogP contribution in [0.3, 0.4) is 0 Å². The van der Waals surface area contributed by atoms with Gasteiger partial charge in [0.25, 0.3) is 5.82 Å². The average Bonchev–Trinajstić information content (AvgIpc) is 3.00. The van der Waals surface area contributed by atoms with E-state index in [1.165, 1.54) is 11.0 Å². The number of carbonyl (C=O) groups is 1. The van der Waals surface area contributed by atoms with E-state index in [1.807, 2.05) is 6.07 Å². The molecule has 10 heteroatoms. The van der Waals surface area contributed by atoms with Gasteiger partial charge in [0.2, 0.25) is 0 Å². The minimum Gasteiger partial charge on any atom is -0.490 e. The maximum Gasteiger partial charge on any atom is 0.416 e. The Kier molecular flexibility index (Phi) is 5.72. The number of alkyl halides is 3. The van der Waals surface area contributed by atoms with Gasteiger partial charge in [-0.25, -0.2) is 14.8 Å². The van der Waals surface area contributed by atoms with Crippen LogP contribution in [0.1, 0.15) is 18.4 Å². The normalized spacial score (nSPS) is 15.6. The summed E-state index contributed by atoms with van der Waals surface area (Å²) in [6.45, 7) is 2.69. The lowest BCUT2D eigenvalue weighted by molar-refractivity contribution is -0.364. The zero-order valence-electron chi connectivity index (χ0n) is 18.2. The van der Waals surface area contributed by atoms with Gasteiger partial charge in [-0.3, -0.25) is 9.80 Å². The van der Waals surface area contributed by atoms with Gasteiger partial charge in [0.05, 0.1) is 48.9 Å². The number of urea groups is 1. The quantitative estimate of drug-likeness (QED) is 0.607. The molecule has 2 aromatic heterocycles. The fourth-order valence-electron chi connectivity index (χ4n) is 3.93. The lowest BCUT2D eigenvalue weighted by Crippen LogP contribution is -2.40. The van der Waals surface area contributed by atoms with Gasteiger partial charge in [0, 0.05) is 24.6 Å². The molecule has 0 saturated carbocycles. The summed E-state index contributed by atoms with van der Waals surface area (Å²) in [5.74, 6) is 1.61. The highest BCUT2D eigenvalue weighted by molar-refractivity contribution is 6.02. The summed E-state index contributed by atoms with van der Waals surface area (Å²) in [5, 5.41) is 2.91. The first-order valence-corrected chi connectivity index (χ1v) is 11.1. The Morgan fingerprint density at radius 1 is 1.06 bits per heavy atom. The van der Waals surface area contributed by atoms with E-state index in [0.717, 1.165) is 37.5 Å². The molecule has 2 aliphatic heterocycles. The number of H-pyrrole nitrogens is 1. The maximum atomic E-state index is 13.2. The topological polar surface area (TPSA) is 71.8 Å². The first-order valence-electron chi connectivity index (χ1n) is 11.1. The number of fused-ring (bicyclic) bond motifs is 1. The smallest absolute Gasteiger partial charge is 0.416 e. The Morgan fingerprint density at radius 3 is 2.68 bits per heavy atom. The molecule has 2 N–H and O–H groups in total. The van der Waals surface area contributed by atoms with Crippen LogP contribution in [0.25, 0.3) is 11.3 Å². The van der Waals surface area contributed by atoms with Crippen LogP contribution in [-0.4, -0.2) is 37.3 Å². The number of nitrogens with zero attached hydrogens (tertiary/aromatic N) is 3. The zero-order chi connectivity index (χ0) is 23.7. The molecule has 1 aromatic carbocycles. The minimum absolute atomic E-state index is 0.273. The van der Waals surface area contributed by atoms with Crippen molar-refractivity contribution in [3.8, 4) is 17.0 Å². The Labute approximate surface area is 194 Å². The van der Waals surface area contributed by atoms with E-state index >= 15 is 0 Å². The number of anilines is 3. The highest BCUT2D eigenvalue weighted by Gasteiger charge is 2.31. The van der Waals surface area contributed by atoms with Crippen LogP contribution < -0.4 is 24.8 Å². The number of nitrogens with one attached hydrogen (secondary N) is 2. The van der Waals surface area contributed by atoms with E-state index in [9.17, 15) is 18.0 Å². The molecular weight excluding hydrogens is 447 g/mol. The second kappa shape index (κ2) is 8.85. The number of halogens is 3. The average molecular weight is 470 g/mol. The number of benzene rings is 1. The summed E-state index contributed by atoms with van der Waals surface area (Å²) >= 11 is 0. The first kappa shape index (κ1) is 22.0. The predicted octanol–water partition coefficient (Wildman–Crippen LogP) is 4.61. The molecule has 0 unspecified atom stereocenters. The fraction of sp³-hybridized carbons (Fsp3) is 0.292. The van der Waals surface area contributed by atoms with Crippen LogP contribution in [0.4, 0.5) is 35.3 Å². The lowest BCUT2D eigenvalue weighted by atomic mass is 10.1. The van der Waals surface area contributed by atoms with Gasteiger partial charge in [0.15, 0.2) is 11.6 Å². The molecule has 0 radical (unpaired) electrons. The molecule has 34 heavy (non-hydrogen) atoms. The molecule has 5 rings (SSSR count). The highest BCUT2D eigenvalue weighted by Crippen LogP contribution is 2.35. The largest absolute Gasteiger partial charge is 0.490 e. The van der Waals surface area contributed by atoms with E-state index in [1.54, 1.807) is 30.5 Å². The molecule has 1 saturated heterocycles. The van der Waals surface area contributed by atoms with Gasteiger partial charge in [-0.2, -0.15) is 13.2 Å². The summed E-state index contributed by atoms with van der Waals surface area (Å²) in [6.07, 6.45) is -0.968. The standard InChI is InChI=1S/C24H22F3N5O2/c25-24(26,27)17-5-1-4-16(14-17)19-6-7-20-22(30-19)32(12-3-13-34-20)23(33)29-18-8-9-28-21(15-18)31-10-2-11-31/h1,4-9,14-15H,2-3,10-13H2,(H,28,29,33)/p+1. The van der Waals surface area contributed by atoms with Crippen molar-refractivity contribution in [2.24, 2.45) is 0 Å². The third kappa shape index (κ3) is 4.48. The van der Waals surface area contributed by atoms with Crippen molar-refractivity contribution in [3.05, 3.63) is 60.3 Å². The van der Waals surface area contributed by atoms with Crippen LogP contribution in [-0.2, 0) is 6.18 Å². The van der Waals surface area contributed by atoms with Crippen LogP contribution in [0.2, 0.25) is 0 Å². The van der Waals surface area contributed by atoms with Gasteiger partial charge >= 0.3 is 12.2 Å². The number of pyridine rings is 2. The molecule has 0 aliphatic carbocycles. The van der Waals surface area contributed by atoms with E-state index in [-0.39, 0.29) is 11.8 Å². The molecule has 2 amide bonds. The highest BCUT2D eigenvalue weighted by atomic mass is 19.4. The van der Waals surface area contributed by atoms with Crippen molar-refractivity contribution < 1.29 is 27.7 Å². The minimum atomic E-state index is -4.46. The number of ether oxygens (including phenoxy) is 1. The molecule has 0 spiro atoms. The molecule has 1 fully saturated rings. The Morgan fingerprint density at radius 2 is 1.91 bits per heavy atom.